The quantitative estimate of drug-likeness (QED) is 0.529. The van der Waals surface area contributed by atoms with E-state index in [4.69, 9.17) is 5.41 Å². The van der Waals surface area contributed by atoms with Gasteiger partial charge in [0.1, 0.15) is 6.29 Å². The first kappa shape index (κ1) is 6.46. The van der Waals surface area contributed by atoms with Crippen molar-refractivity contribution in [3.63, 3.8) is 0 Å². The monoisotopic (exact) mass is 125 g/mol. The van der Waals surface area contributed by atoms with Gasteiger partial charge in [-0.1, -0.05) is 0 Å². The van der Waals surface area contributed by atoms with Gasteiger partial charge in [0.05, 0.1) is 0 Å². The fourth-order valence-corrected chi connectivity index (χ4v) is 1.21. The van der Waals surface area contributed by atoms with E-state index in [1.54, 1.807) is 0 Å². The van der Waals surface area contributed by atoms with Crippen LogP contribution in [0.2, 0.25) is 0 Å². The van der Waals surface area contributed by atoms with Crippen LogP contribution in [0, 0.1) is 11.3 Å². The zero-order valence-electron chi connectivity index (χ0n) is 5.39. The van der Waals surface area contributed by atoms with Gasteiger partial charge in [0.15, 0.2) is 0 Å². The van der Waals surface area contributed by atoms with Crippen LogP contribution in [0.1, 0.15) is 25.7 Å². The largest absolute Gasteiger partial charge is 0.310 e. The van der Waals surface area contributed by atoms with Crippen molar-refractivity contribution in [2.45, 2.75) is 25.7 Å². The van der Waals surface area contributed by atoms with Crippen molar-refractivity contribution in [3.05, 3.63) is 0 Å². The van der Waals surface area contributed by atoms with E-state index in [1.165, 1.54) is 0 Å². The van der Waals surface area contributed by atoms with Crippen LogP contribution in [0.3, 0.4) is 0 Å². The zero-order chi connectivity index (χ0) is 6.69. The summed E-state index contributed by atoms with van der Waals surface area (Å²) in [6.07, 6.45) is 4.62. The number of aldehydes is 1. The molecule has 0 aromatic carbocycles. The summed E-state index contributed by atoms with van der Waals surface area (Å²) in [4.78, 5) is 10.2. The van der Waals surface area contributed by atoms with Gasteiger partial charge in [-0.15, -0.1) is 0 Å². The molecule has 50 valence electrons. The molecule has 2 nitrogen and oxygen atoms in total. The highest BCUT2D eigenvalue weighted by Crippen LogP contribution is 2.18. The van der Waals surface area contributed by atoms with Crippen LogP contribution in [0.5, 0.6) is 0 Å². The van der Waals surface area contributed by atoms with Crippen LogP contribution in [-0.2, 0) is 4.79 Å². The van der Waals surface area contributed by atoms with Gasteiger partial charge in [-0.2, -0.15) is 0 Å². The molecule has 1 aliphatic carbocycles. The molecular weight excluding hydrogens is 114 g/mol. The van der Waals surface area contributed by atoms with Crippen molar-refractivity contribution in [3.8, 4) is 0 Å². The molecule has 0 aromatic rings. The van der Waals surface area contributed by atoms with Gasteiger partial charge in [0.25, 0.3) is 0 Å². The Labute approximate surface area is 54.8 Å². The minimum atomic E-state index is 0.159. The average Bonchev–Trinajstić information content (AvgIpc) is 1.88. The van der Waals surface area contributed by atoms with Gasteiger partial charge < -0.3 is 10.2 Å². The second-order valence-electron chi connectivity index (χ2n) is 2.60. The summed E-state index contributed by atoms with van der Waals surface area (Å²) in [6.45, 7) is 0. The Morgan fingerprint density at radius 3 is 2.89 bits per heavy atom. The van der Waals surface area contributed by atoms with E-state index >= 15 is 0 Å². The highest BCUT2D eigenvalue weighted by Gasteiger charge is 2.15. The van der Waals surface area contributed by atoms with Crippen molar-refractivity contribution in [2.24, 2.45) is 5.92 Å². The predicted octanol–water partition coefficient (Wildman–Crippen LogP) is 1.40. The number of carbonyl (C=O) groups is 1. The lowest BCUT2D eigenvalue weighted by Crippen LogP contribution is -2.14. The van der Waals surface area contributed by atoms with Crippen molar-refractivity contribution < 1.29 is 4.79 Å². The Balaban J connectivity index is 2.40. The average molecular weight is 125 g/mol. The van der Waals surface area contributed by atoms with E-state index in [0.717, 1.165) is 31.3 Å². The van der Waals surface area contributed by atoms with Crippen LogP contribution in [-0.4, -0.2) is 12.0 Å². The normalized spacial score (nSPS) is 28.0. The molecule has 0 radical (unpaired) electrons. The van der Waals surface area contributed by atoms with Crippen molar-refractivity contribution >= 4 is 12.0 Å². The highest BCUT2D eigenvalue weighted by atomic mass is 16.1. The molecule has 1 N–H and O–H groups in total. The van der Waals surface area contributed by atoms with Gasteiger partial charge in [-0.05, 0) is 25.7 Å². The van der Waals surface area contributed by atoms with E-state index in [0.29, 0.717) is 6.42 Å². The number of hydrogen-bond acceptors (Lipinski definition) is 2. The number of hydrogen-bond donors (Lipinski definition) is 1. The minimum Gasteiger partial charge on any atom is -0.310 e. The fourth-order valence-electron chi connectivity index (χ4n) is 1.21. The molecular formula is C7H11NO. The van der Waals surface area contributed by atoms with Gasteiger partial charge in [-0.3, -0.25) is 0 Å². The van der Waals surface area contributed by atoms with E-state index in [2.05, 4.69) is 0 Å². The summed E-state index contributed by atoms with van der Waals surface area (Å²) >= 11 is 0. The molecule has 9 heavy (non-hydrogen) atoms. The summed E-state index contributed by atoms with van der Waals surface area (Å²) in [5.41, 5.74) is 0.748. The lowest BCUT2D eigenvalue weighted by molar-refractivity contribution is -0.111. The summed E-state index contributed by atoms with van der Waals surface area (Å²) in [6, 6.07) is 0. The summed E-state index contributed by atoms with van der Waals surface area (Å²) in [7, 11) is 0. The van der Waals surface area contributed by atoms with Gasteiger partial charge in [0.2, 0.25) is 0 Å². The zero-order valence-corrected chi connectivity index (χ0v) is 5.39. The van der Waals surface area contributed by atoms with Crippen LogP contribution in [0.4, 0.5) is 0 Å². The molecule has 1 aliphatic rings. The molecule has 1 saturated carbocycles. The Morgan fingerprint density at radius 2 is 2.44 bits per heavy atom. The Morgan fingerprint density at radius 1 is 1.67 bits per heavy atom. The molecule has 0 heterocycles. The molecule has 1 atom stereocenters. The second kappa shape index (κ2) is 2.76. The summed E-state index contributed by atoms with van der Waals surface area (Å²) < 4.78 is 0. The standard InChI is InChI=1S/C7H11NO/c8-7-3-1-2-6(4-7)5-9/h5-6,8H,1-4H2. The fraction of sp³-hybridized carbons (Fsp3) is 0.714. The smallest absolute Gasteiger partial charge is 0.123 e. The Kier molecular flexibility index (Phi) is 1.98. The second-order valence-corrected chi connectivity index (χ2v) is 2.60. The molecule has 1 rings (SSSR count). The van der Waals surface area contributed by atoms with E-state index in [-0.39, 0.29) is 5.92 Å². The Hall–Kier alpha value is -0.660. The highest BCUT2D eigenvalue weighted by molar-refractivity contribution is 5.84. The van der Waals surface area contributed by atoms with Crippen LogP contribution in [0.25, 0.3) is 0 Å². The molecule has 0 aromatic heterocycles. The Bertz CT molecular complexity index is 131. The van der Waals surface area contributed by atoms with Crippen molar-refractivity contribution in [2.75, 3.05) is 0 Å². The van der Waals surface area contributed by atoms with Gasteiger partial charge in [0, 0.05) is 11.6 Å². The predicted molar refractivity (Wildman–Crippen MR) is 35.7 cm³/mol. The lowest BCUT2D eigenvalue weighted by atomic mass is 9.89. The lowest BCUT2D eigenvalue weighted by Gasteiger charge is -2.16. The maximum Gasteiger partial charge on any atom is 0.123 e. The molecule has 0 bridgehead atoms. The third-order valence-electron chi connectivity index (χ3n) is 1.75. The van der Waals surface area contributed by atoms with E-state index in [1.807, 2.05) is 0 Å². The molecule has 2 heteroatoms. The molecule has 0 saturated heterocycles. The molecule has 0 spiro atoms. The van der Waals surface area contributed by atoms with Crippen molar-refractivity contribution in [1.29, 1.82) is 5.41 Å². The molecule has 1 unspecified atom stereocenters. The molecule has 0 amide bonds. The SMILES string of the molecule is N=C1CCCC(C=O)C1. The van der Waals surface area contributed by atoms with Crippen LogP contribution >= 0.6 is 0 Å². The molecule has 1 fully saturated rings. The van der Waals surface area contributed by atoms with E-state index < -0.39 is 0 Å². The van der Waals surface area contributed by atoms with Crippen LogP contribution in [0.15, 0.2) is 0 Å². The number of nitrogens with one attached hydrogen (secondary N) is 1. The maximum absolute atomic E-state index is 10.2. The number of rotatable bonds is 1. The minimum absolute atomic E-state index is 0.159. The summed E-state index contributed by atoms with van der Waals surface area (Å²) in [5.74, 6) is 0.159. The summed E-state index contributed by atoms with van der Waals surface area (Å²) in [5, 5.41) is 7.26. The maximum atomic E-state index is 10.2. The van der Waals surface area contributed by atoms with E-state index in [9.17, 15) is 4.79 Å². The van der Waals surface area contributed by atoms with Gasteiger partial charge in [-0.25, -0.2) is 0 Å². The first-order chi connectivity index (χ1) is 4.33. The van der Waals surface area contributed by atoms with Gasteiger partial charge >= 0.3 is 0 Å². The number of carbonyl (C=O) groups excluding carboxylic acids is 1. The topological polar surface area (TPSA) is 40.9 Å². The third kappa shape index (κ3) is 1.63. The first-order valence-electron chi connectivity index (χ1n) is 3.34. The first-order valence-corrected chi connectivity index (χ1v) is 3.34. The van der Waals surface area contributed by atoms with Crippen LogP contribution < -0.4 is 0 Å². The van der Waals surface area contributed by atoms with Crippen molar-refractivity contribution in [1.82, 2.24) is 0 Å². The molecule has 0 aliphatic heterocycles. The third-order valence-corrected chi connectivity index (χ3v) is 1.75.